The molecule has 4 nitrogen and oxygen atoms in total. The fraction of sp³-hybridized carbons (Fsp3) is 0.0833. The van der Waals surface area contributed by atoms with Gasteiger partial charge in [0.2, 0.25) is 0 Å². The number of imide groups is 1. The Balaban J connectivity index is 1.85. The van der Waals surface area contributed by atoms with Crippen molar-refractivity contribution in [3.63, 3.8) is 0 Å². The topological polar surface area (TPSA) is 49.4 Å². The molecule has 0 unspecified atom stereocenters. The number of aryl methyl sites for hydroxylation is 2. The molecule has 1 heterocycles. The highest BCUT2D eigenvalue weighted by molar-refractivity contribution is 9.10. The molecule has 5 heteroatoms. The zero-order valence-electron chi connectivity index (χ0n) is 16.1. The first-order valence-electron chi connectivity index (χ1n) is 9.24. The van der Waals surface area contributed by atoms with Crippen LogP contribution in [0.15, 0.2) is 83.0 Å². The Labute approximate surface area is 178 Å². The zero-order chi connectivity index (χ0) is 20.5. The highest BCUT2D eigenvalue weighted by Gasteiger charge is 2.40. The number of para-hydroxylation sites is 1. The van der Waals surface area contributed by atoms with E-state index in [1.807, 2.05) is 74.5 Å². The van der Waals surface area contributed by atoms with E-state index in [0.717, 1.165) is 26.9 Å². The fourth-order valence-corrected chi connectivity index (χ4v) is 3.73. The van der Waals surface area contributed by atoms with Crippen LogP contribution in [0.5, 0.6) is 0 Å². The summed E-state index contributed by atoms with van der Waals surface area (Å²) in [6.07, 6.45) is 0. The number of anilines is 2. The van der Waals surface area contributed by atoms with Crippen LogP contribution in [-0.2, 0) is 9.59 Å². The summed E-state index contributed by atoms with van der Waals surface area (Å²) in [4.78, 5) is 27.9. The van der Waals surface area contributed by atoms with Crippen molar-refractivity contribution >= 4 is 44.7 Å². The molecule has 144 valence electrons. The van der Waals surface area contributed by atoms with E-state index < -0.39 is 0 Å². The molecule has 1 aliphatic rings. The molecule has 0 saturated heterocycles. The molecule has 1 N–H and O–H groups in total. The second-order valence-electron chi connectivity index (χ2n) is 6.97. The van der Waals surface area contributed by atoms with Crippen LogP contribution in [-0.4, -0.2) is 11.8 Å². The summed E-state index contributed by atoms with van der Waals surface area (Å²) in [5.74, 6) is -0.698. The minimum atomic E-state index is -0.366. The molecule has 0 bridgehead atoms. The SMILES string of the molecule is Cc1ccc(C2=C(Nc3cccc(Br)c3)C(=O)N(c3ccccc3)C2=O)cc1C. The number of nitrogens with one attached hydrogen (secondary N) is 1. The Morgan fingerprint density at radius 3 is 2.24 bits per heavy atom. The van der Waals surface area contributed by atoms with Gasteiger partial charge in [-0.05, 0) is 60.9 Å². The number of hydrogen-bond acceptors (Lipinski definition) is 3. The lowest BCUT2D eigenvalue weighted by molar-refractivity contribution is -0.120. The average molecular weight is 447 g/mol. The van der Waals surface area contributed by atoms with Crippen LogP contribution in [0.4, 0.5) is 11.4 Å². The van der Waals surface area contributed by atoms with E-state index in [9.17, 15) is 9.59 Å². The van der Waals surface area contributed by atoms with Gasteiger partial charge in [-0.2, -0.15) is 0 Å². The maximum Gasteiger partial charge on any atom is 0.282 e. The first-order chi connectivity index (χ1) is 14.0. The summed E-state index contributed by atoms with van der Waals surface area (Å²) in [6.45, 7) is 4.02. The number of carbonyl (C=O) groups excluding carboxylic acids is 2. The minimum absolute atomic E-state index is 0.278. The third-order valence-electron chi connectivity index (χ3n) is 4.99. The second-order valence-corrected chi connectivity index (χ2v) is 7.88. The van der Waals surface area contributed by atoms with E-state index in [4.69, 9.17) is 0 Å². The monoisotopic (exact) mass is 446 g/mol. The Morgan fingerprint density at radius 1 is 0.793 bits per heavy atom. The van der Waals surface area contributed by atoms with E-state index in [0.29, 0.717) is 11.3 Å². The van der Waals surface area contributed by atoms with Crippen LogP contribution in [0.3, 0.4) is 0 Å². The molecule has 0 saturated carbocycles. The van der Waals surface area contributed by atoms with E-state index >= 15 is 0 Å². The van der Waals surface area contributed by atoms with Crippen LogP contribution < -0.4 is 10.2 Å². The first kappa shape index (κ1) is 19.2. The van der Waals surface area contributed by atoms with Crippen LogP contribution in [0.1, 0.15) is 16.7 Å². The number of amides is 2. The number of hydrogen-bond donors (Lipinski definition) is 1. The molecule has 0 radical (unpaired) electrons. The molecule has 2 amide bonds. The van der Waals surface area contributed by atoms with Crippen molar-refractivity contribution in [3.8, 4) is 0 Å². The van der Waals surface area contributed by atoms with Crippen molar-refractivity contribution < 1.29 is 9.59 Å². The largest absolute Gasteiger partial charge is 0.350 e. The van der Waals surface area contributed by atoms with Gasteiger partial charge in [-0.25, -0.2) is 4.90 Å². The third kappa shape index (κ3) is 3.61. The van der Waals surface area contributed by atoms with E-state index in [-0.39, 0.29) is 17.5 Å². The van der Waals surface area contributed by atoms with E-state index in [1.54, 1.807) is 12.1 Å². The highest BCUT2D eigenvalue weighted by Crippen LogP contribution is 2.34. The Kier molecular flexibility index (Phi) is 5.07. The third-order valence-corrected chi connectivity index (χ3v) is 5.48. The van der Waals surface area contributed by atoms with Crippen molar-refractivity contribution in [1.82, 2.24) is 0 Å². The number of rotatable bonds is 4. The zero-order valence-corrected chi connectivity index (χ0v) is 17.7. The standard InChI is InChI=1S/C24H19BrN2O2/c1-15-11-12-17(13-16(15)2)21-22(26-19-8-6-7-18(25)14-19)24(29)27(23(21)28)20-9-4-3-5-10-20/h3-14,26H,1-2H3. The minimum Gasteiger partial charge on any atom is -0.350 e. The predicted molar refractivity (Wildman–Crippen MR) is 120 cm³/mol. The molecular formula is C24H19BrN2O2. The van der Waals surface area contributed by atoms with Gasteiger partial charge in [0.15, 0.2) is 0 Å². The number of carbonyl (C=O) groups is 2. The summed E-state index contributed by atoms with van der Waals surface area (Å²) < 4.78 is 0.882. The van der Waals surface area contributed by atoms with Gasteiger partial charge in [0, 0.05) is 10.2 Å². The van der Waals surface area contributed by atoms with Crippen LogP contribution in [0, 0.1) is 13.8 Å². The molecular weight excluding hydrogens is 428 g/mol. The maximum absolute atomic E-state index is 13.4. The molecule has 0 aromatic heterocycles. The smallest absolute Gasteiger partial charge is 0.282 e. The van der Waals surface area contributed by atoms with Crippen LogP contribution in [0.25, 0.3) is 5.57 Å². The normalized spacial score (nSPS) is 14.0. The van der Waals surface area contributed by atoms with Gasteiger partial charge in [0.05, 0.1) is 11.3 Å². The molecule has 3 aromatic carbocycles. The Morgan fingerprint density at radius 2 is 1.55 bits per heavy atom. The maximum atomic E-state index is 13.4. The molecule has 3 aromatic rings. The fourth-order valence-electron chi connectivity index (χ4n) is 3.33. The molecule has 0 fully saturated rings. The number of nitrogens with zero attached hydrogens (tertiary/aromatic N) is 1. The highest BCUT2D eigenvalue weighted by atomic mass is 79.9. The van der Waals surface area contributed by atoms with Gasteiger partial charge in [0.1, 0.15) is 5.70 Å². The van der Waals surface area contributed by atoms with Crippen LogP contribution >= 0.6 is 15.9 Å². The first-order valence-corrected chi connectivity index (χ1v) is 10.0. The number of halogens is 1. The molecule has 0 spiro atoms. The summed E-state index contributed by atoms with van der Waals surface area (Å²) in [7, 11) is 0. The average Bonchev–Trinajstić information content (AvgIpc) is 2.94. The van der Waals surface area contributed by atoms with Crippen molar-refractivity contribution in [2.75, 3.05) is 10.2 Å². The van der Waals surface area contributed by atoms with Crippen molar-refractivity contribution in [2.45, 2.75) is 13.8 Å². The summed E-state index contributed by atoms with van der Waals surface area (Å²) >= 11 is 3.45. The summed E-state index contributed by atoms with van der Waals surface area (Å²) in [5.41, 5.74) is 4.86. The van der Waals surface area contributed by atoms with Gasteiger partial charge in [0.25, 0.3) is 11.8 Å². The van der Waals surface area contributed by atoms with Gasteiger partial charge in [-0.3, -0.25) is 9.59 Å². The predicted octanol–water partition coefficient (Wildman–Crippen LogP) is 5.46. The van der Waals surface area contributed by atoms with Gasteiger partial charge >= 0.3 is 0 Å². The number of benzene rings is 3. The molecule has 0 aliphatic carbocycles. The molecule has 0 atom stereocenters. The molecule has 1 aliphatic heterocycles. The van der Waals surface area contributed by atoms with Crippen molar-refractivity contribution in [2.24, 2.45) is 0 Å². The quantitative estimate of drug-likeness (QED) is 0.541. The summed E-state index contributed by atoms with van der Waals surface area (Å²) in [5, 5.41) is 3.18. The van der Waals surface area contributed by atoms with Gasteiger partial charge in [-0.15, -0.1) is 0 Å². The summed E-state index contributed by atoms with van der Waals surface area (Å²) in [6, 6.07) is 22.3. The van der Waals surface area contributed by atoms with Gasteiger partial charge < -0.3 is 5.32 Å². The molecule has 4 rings (SSSR count). The van der Waals surface area contributed by atoms with Gasteiger partial charge in [-0.1, -0.05) is 58.4 Å². The lowest BCUT2D eigenvalue weighted by Crippen LogP contribution is -2.32. The lowest BCUT2D eigenvalue weighted by Gasteiger charge is -2.15. The second kappa shape index (κ2) is 7.68. The van der Waals surface area contributed by atoms with Crippen LogP contribution in [0.2, 0.25) is 0 Å². The van der Waals surface area contributed by atoms with E-state index in [1.165, 1.54) is 4.90 Å². The van der Waals surface area contributed by atoms with E-state index in [2.05, 4.69) is 21.2 Å². The van der Waals surface area contributed by atoms with Crippen molar-refractivity contribution in [1.29, 1.82) is 0 Å². The van der Waals surface area contributed by atoms with Crippen molar-refractivity contribution in [3.05, 3.63) is 99.7 Å². The Hall–Kier alpha value is -3.18. The Bertz CT molecular complexity index is 1150. The molecule has 29 heavy (non-hydrogen) atoms. The lowest BCUT2D eigenvalue weighted by atomic mass is 9.99.